The number of esters is 2. The van der Waals surface area contributed by atoms with Crippen LogP contribution in [0.1, 0.15) is 46.0 Å². The third-order valence-electron chi connectivity index (χ3n) is 3.73. The van der Waals surface area contributed by atoms with Gasteiger partial charge in [-0.25, -0.2) is 4.79 Å². The Morgan fingerprint density at radius 2 is 1.60 bits per heavy atom. The number of methoxy groups -OCH3 is 1. The minimum atomic E-state index is -1.26. The number of amides is 1. The van der Waals surface area contributed by atoms with Crippen molar-refractivity contribution in [2.45, 2.75) is 57.2 Å². The quantitative estimate of drug-likeness (QED) is 0.296. The van der Waals surface area contributed by atoms with Crippen molar-refractivity contribution in [1.29, 1.82) is 0 Å². The van der Waals surface area contributed by atoms with E-state index in [1.807, 2.05) is 0 Å². The molecule has 0 aliphatic heterocycles. The molecule has 25 heavy (non-hydrogen) atoms. The van der Waals surface area contributed by atoms with E-state index in [2.05, 4.69) is 0 Å². The summed E-state index contributed by atoms with van der Waals surface area (Å²) < 4.78 is 14.8. The zero-order chi connectivity index (χ0) is 18.8. The van der Waals surface area contributed by atoms with Crippen LogP contribution in [-0.4, -0.2) is 58.9 Å². The van der Waals surface area contributed by atoms with Gasteiger partial charge in [0.25, 0.3) is 0 Å². The van der Waals surface area contributed by atoms with Crippen LogP contribution in [0.5, 0.6) is 0 Å². The molecule has 0 unspecified atom stereocenters. The molecule has 1 amide bonds. The van der Waals surface area contributed by atoms with Gasteiger partial charge in [0, 0.05) is 6.04 Å². The first-order valence-electron chi connectivity index (χ1n) is 8.37. The summed E-state index contributed by atoms with van der Waals surface area (Å²) >= 11 is 6.15. The molecule has 0 radical (unpaired) electrons. The van der Waals surface area contributed by atoms with Gasteiger partial charge >= 0.3 is 18.0 Å². The van der Waals surface area contributed by atoms with Crippen molar-refractivity contribution >= 4 is 46.3 Å². The molecule has 0 aromatic rings. The second-order valence-corrected chi connectivity index (χ2v) is 7.14. The van der Waals surface area contributed by atoms with Crippen molar-refractivity contribution in [1.82, 2.24) is 4.90 Å². The van der Waals surface area contributed by atoms with Crippen molar-refractivity contribution in [3.8, 4) is 0 Å². The van der Waals surface area contributed by atoms with Crippen LogP contribution in [0, 0.1) is 0 Å². The number of thiocarbonyl (C=S) groups is 1. The molecule has 7 nitrogen and oxygen atoms in total. The highest BCUT2D eigenvalue weighted by Gasteiger charge is 2.37. The molecule has 0 N–H and O–H groups in total. The summed E-state index contributed by atoms with van der Waals surface area (Å²) in [6.07, 6.45) is 4.11. The zero-order valence-corrected chi connectivity index (χ0v) is 16.5. The third kappa shape index (κ3) is 6.47. The summed E-state index contributed by atoms with van der Waals surface area (Å²) in [7, 11) is 1.28. The second kappa shape index (κ2) is 11.3. The minimum absolute atomic E-state index is 0.0914. The van der Waals surface area contributed by atoms with Crippen LogP contribution in [0.25, 0.3) is 0 Å². The normalized spacial score (nSPS) is 14.7. The van der Waals surface area contributed by atoms with Gasteiger partial charge in [-0.3, -0.25) is 14.5 Å². The number of carbonyl (C=O) groups excluding carboxylic acids is 3. The standard InChI is InChI=1S/C16H25NO6S2/c1-4-22-13(18)12(14(19)23-5-2)25-16(24)17(15(20)21-3)11-9-7-6-8-10-11/h11-12H,4-10H2,1-3H3. The Kier molecular flexibility index (Phi) is 9.81. The highest BCUT2D eigenvalue weighted by Crippen LogP contribution is 2.28. The largest absolute Gasteiger partial charge is 0.465 e. The third-order valence-corrected chi connectivity index (χ3v) is 5.23. The Bertz CT molecular complexity index is 475. The number of rotatable bonds is 6. The van der Waals surface area contributed by atoms with Gasteiger partial charge in [-0.15, -0.1) is 0 Å². The number of hydrogen-bond acceptors (Lipinski definition) is 8. The predicted octanol–water partition coefficient (Wildman–Crippen LogP) is 2.90. The highest BCUT2D eigenvalue weighted by atomic mass is 32.2. The Labute approximate surface area is 157 Å². The maximum absolute atomic E-state index is 12.2. The van der Waals surface area contributed by atoms with Crippen LogP contribution >= 0.6 is 24.0 Å². The van der Waals surface area contributed by atoms with E-state index in [-0.39, 0.29) is 23.6 Å². The van der Waals surface area contributed by atoms with Crippen molar-refractivity contribution in [2.75, 3.05) is 20.3 Å². The van der Waals surface area contributed by atoms with Gasteiger partial charge in [0.1, 0.15) is 4.32 Å². The number of carbonyl (C=O) groups is 3. The molecule has 1 aliphatic rings. The predicted molar refractivity (Wildman–Crippen MR) is 98.4 cm³/mol. The van der Waals surface area contributed by atoms with Crippen LogP contribution < -0.4 is 0 Å². The number of nitrogens with zero attached hydrogens (tertiary/aromatic N) is 1. The smallest absolute Gasteiger partial charge is 0.415 e. The van der Waals surface area contributed by atoms with E-state index in [0.29, 0.717) is 0 Å². The molecule has 0 aromatic heterocycles. The van der Waals surface area contributed by atoms with Crippen molar-refractivity contribution < 1.29 is 28.6 Å². The molecular formula is C16H25NO6S2. The fourth-order valence-electron chi connectivity index (χ4n) is 2.60. The summed E-state index contributed by atoms with van der Waals surface area (Å²) in [6, 6.07) is -0.0914. The molecule has 142 valence electrons. The van der Waals surface area contributed by atoms with Gasteiger partial charge in [-0.1, -0.05) is 43.2 Å². The summed E-state index contributed by atoms with van der Waals surface area (Å²) in [5, 5.41) is -1.26. The molecule has 0 bridgehead atoms. The minimum Gasteiger partial charge on any atom is -0.465 e. The lowest BCUT2D eigenvalue weighted by Crippen LogP contribution is -2.45. The summed E-state index contributed by atoms with van der Waals surface area (Å²) in [5.74, 6) is -1.47. The number of hydrogen-bond donors (Lipinski definition) is 0. The van der Waals surface area contributed by atoms with Crippen molar-refractivity contribution in [3.05, 3.63) is 0 Å². The first-order chi connectivity index (χ1) is 12.0. The maximum Gasteiger partial charge on any atom is 0.415 e. The van der Waals surface area contributed by atoms with E-state index in [1.165, 1.54) is 12.0 Å². The van der Waals surface area contributed by atoms with E-state index < -0.39 is 23.3 Å². The van der Waals surface area contributed by atoms with Crippen molar-refractivity contribution in [2.24, 2.45) is 0 Å². The van der Waals surface area contributed by atoms with Crippen LogP contribution in [0.2, 0.25) is 0 Å². The van der Waals surface area contributed by atoms with E-state index >= 15 is 0 Å². The van der Waals surface area contributed by atoms with Crippen LogP contribution in [0.3, 0.4) is 0 Å². The molecule has 1 rings (SSSR count). The van der Waals surface area contributed by atoms with Gasteiger partial charge in [0.2, 0.25) is 5.25 Å². The maximum atomic E-state index is 12.2. The Morgan fingerprint density at radius 3 is 2.04 bits per heavy atom. The number of thioether (sulfide) groups is 1. The molecule has 9 heteroatoms. The lowest BCUT2D eigenvalue weighted by atomic mass is 9.95. The summed E-state index contributed by atoms with van der Waals surface area (Å²) in [4.78, 5) is 37.8. The molecule has 0 atom stereocenters. The fourth-order valence-corrected chi connectivity index (χ4v) is 3.98. The van der Waals surface area contributed by atoms with Gasteiger partial charge < -0.3 is 14.2 Å². The molecule has 1 fully saturated rings. The van der Waals surface area contributed by atoms with Gasteiger partial charge in [0.15, 0.2) is 0 Å². The lowest BCUT2D eigenvalue weighted by Gasteiger charge is -2.33. The van der Waals surface area contributed by atoms with Crippen LogP contribution in [-0.2, 0) is 23.8 Å². The monoisotopic (exact) mass is 391 g/mol. The molecular weight excluding hydrogens is 366 g/mol. The SMILES string of the molecule is CCOC(=O)C(SC(=S)N(C(=O)OC)C1CCCCC1)C(=O)OCC. The van der Waals surface area contributed by atoms with Crippen LogP contribution in [0.15, 0.2) is 0 Å². The first kappa shape index (κ1) is 21.7. The molecule has 1 saturated carbocycles. The molecule has 0 aromatic carbocycles. The van der Waals surface area contributed by atoms with E-state index in [4.69, 9.17) is 26.4 Å². The highest BCUT2D eigenvalue weighted by molar-refractivity contribution is 8.24. The Balaban J connectivity index is 2.93. The van der Waals surface area contributed by atoms with E-state index in [0.717, 1.165) is 43.9 Å². The molecule has 1 aliphatic carbocycles. The average molecular weight is 392 g/mol. The summed E-state index contributed by atoms with van der Waals surface area (Å²) in [6.45, 7) is 3.55. The zero-order valence-electron chi connectivity index (χ0n) is 14.8. The topological polar surface area (TPSA) is 82.1 Å². The molecule has 0 heterocycles. The average Bonchev–Trinajstić information content (AvgIpc) is 2.60. The second-order valence-electron chi connectivity index (χ2n) is 5.40. The first-order valence-corrected chi connectivity index (χ1v) is 9.66. The Hall–Kier alpha value is -1.35. The van der Waals surface area contributed by atoms with Crippen molar-refractivity contribution in [3.63, 3.8) is 0 Å². The number of ether oxygens (including phenoxy) is 3. The van der Waals surface area contributed by atoms with Crippen LogP contribution in [0.4, 0.5) is 4.79 Å². The van der Waals surface area contributed by atoms with Gasteiger partial charge in [-0.05, 0) is 26.7 Å². The fraction of sp³-hybridized carbons (Fsp3) is 0.750. The van der Waals surface area contributed by atoms with E-state index in [9.17, 15) is 14.4 Å². The van der Waals surface area contributed by atoms with Gasteiger partial charge in [-0.2, -0.15) is 0 Å². The van der Waals surface area contributed by atoms with Gasteiger partial charge in [0.05, 0.1) is 20.3 Å². The molecule has 0 saturated heterocycles. The van der Waals surface area contributed by atoms with E-state index in [1.54, 1.807) is 13.8 Å². The Morgan fingerprint density at radius 1 is 1.08 bits per heavy atom. The summed E-state index contributed by atoms with van der Waals surface area (Å²) in [5.41, 5.74) is 0. The lowest BCUT2D eigenvalue weighted by molar-refractivity contribution is -0.152. The molecule has 0 spiro atoms.